The van der Waals surface area contributed by atoms with E-state index in [1.165, 1.54) is 0 Å². The van der Waals surface area contributed by atoms with Gasteiger partial charge in [-0.2, -0.15) is 0 Å². The highest BCUT2D eigenvalue weighted by molar-refractivity contribution is 5.90. The maximum Gasteiger partial charge on any atom is 0.338 e. The molecule has 6 heteroatoms. The highest BCUT2D eigenvalue weighted by Crippen LogP contribution is 2.36. The summed E-state index contributed by atoms with van der Waals surface area (Å²) < 4.78 is 22.6. The third kappa shape index (κ3) is 3.86. The average molecular weight is 368 g/mol. The molecule has 2 aliphatic heterocycles. The molecule has 4 unspecified atom stereocenters. The van der Waals surface area contributed by atoms with E-state index >= 15 is 0 Å². The number of carbonyl (C=O) groups is 2. The van der Waals surface area contributed by atoms with Crippen LogP contribution in [0.5, 0.6) is 0 Å². The maximum absolute atomic E-state index is 12.5. The van der Waals surface area contributed by atoms with Gasteiger partial charge in [0.2, 0.25) is 0 Å². The van der Waals surface area contributed by atoms with E-state index < -0.39 is 24.3 Å². The first-order valence-electron chi connectivity index (χ1n) is 8.97. The van der Waals surface area contributed by atoms with Gasteiger partial charge in [-0.15, -0.1) is 0 Å². The van der Waals surface area contributed by atoms with Crippen LogP contribution in [0.15, 0.2) is 60.7 Å². The molecule has 2 aliphatic rings. The van der Waals surface area contributed by atoms with Gasteiger partial charge in [-0.05, 0) is 30.7 Å². The van der Waals surface area contributed by atoms with E-state index in [-0.39, 0.29) is 18.6 Å². The Labute approximate surface area is 157 Å². The van der Waals surface area contributed by atoms with Crippen LogP contribution in [-0.2, 0) is 18.9 Å². The van der Waals surface area contributed by atoms with Gasteiger partial charge in [-0.3, -0.25) is 0 Å². The minimum absolute atomic E-state index is 0.102. The quantitative estimate of drug-likeness (QED) is 0.756. The van der Waals surface area contributed by atoms with Gasteiger partial charge < -0.3 is 18.9 Å². The number of carbonyl (C=O) groups excluding carboxylic acids is 2. The average Bonchev–Trinajstić information content (AvgIpc) is 2.96. The molecule has 2 aromatic carbocycles. The summed E-state index contributed by atoms with van der Waals surface area (Å²) in [6, 6.07) is 17.5. The highest BCUT2D eigenvalue weighted by atomic mass is 16.7. The van der Waals surface area contributed by atoms with Crippen molar-refractivity contribution in [2.24, 2.45) is 5.92 Å². The molecule has 4 rings (SSSR count). The Bertz CT molecular complexity index is 791. The second-order valence-corrected chi connectivity index (χ2v) is 6.57. The highest BCUT2D eigenvalue weighted by Gasteiger charge is 2.50. The van der Waals surface area contributed by atoms with E-state index in [1.54, 1.807) is 48.5 Å². The minimum Gasteiger partial charge on any atom is -0.462 e. The third-order valence-corrected chi connectivity index (χ3v) is 4.83. The topological polar surface area (TPSA) is 71.1 Å². The van der Waals surface area contributed by atoms with Crippen LogP contribution in [-0.4, -0.2) is 43.7 Å². The van der Waals surface area contributed by atoms with Crippen molar-refractivity contribution in [3.05, 3.63) is 71.8 Å². The molecule has 6 nitrogen and oxygen atoms in total. The zero-order valence-corrected chi connectivity index (χ0v) is 14.7. The van der Waals surface area contributed by atoms with Crippen LogP contribution in [0, 0.1) is 5.92 Å². The molecule has 2 aromatic rings. The molecule has 4 atom stereocenters. The van der Waals surface area contributed by atoms with Gasteiger partial charge in [0.1, 0.15) is 6.61 Å². The Morgan fingerprint density at radius 1 is 0.926 bits per heavy atom. The van der Waals surface area contributed by atoms with Crippen LogP contribution in [0.1, 0.15) is 27.1 Å². The first-order chi connectivity index (χ1) is 13.2. The van der Waals surface area contributed by atoms with Crippen LogP contribution in [0.3, 0.4) is 0 Å². The van der Waals surface area contributed by atoms with Crippen molar-refractivity contribution < 1.29 is 28.5 Å². The van der Waals surface area contributed by atoms with Crippen molar-refractivity contribution in [3.8, 4) is 0 Å². The number of rotatable bonds is 5. The summed E-state index contributed by atoms with van der Waals surface area (Å²) >= 11 is 0. The molecular weight excluding hydrogens is 348 g/mol. The fraction of sp³-hybridized carbons (Fsp3) is 0.333. The van der Waals surface area contributed by atoms with Crippen LogP contribution >= 0.6 is 0 Å². The summed E-state index contributed by atoms with van der Waals surface area (Å²) in [4.78, 5) is 24.7. The standard InChI is InChI=1S/C21H20O6/c22-19(14-7-3-1-4-8-14)25-13-16-17-11-12-24-21(26-17)18(16)27-20(23)15-9-5-2-6-10-15/h1-10,16-18,21H,11-13H2. The lowest BCUT2D eigenvalue weighted by Crippen LogP contribution is -2.35. The van der Waals surface area contributed by atoms with Gasteiger partial charge in [0.15, 0.2) is 12.4 Å². The molecule has 27 heavy (non-hydrogen) atoms. The van der Waals surface area contributed by atoms with Crippen LogP contribution in [0.25, 0.3) is 0 Å². The summed E-state index contributed by atoms with van der Waals surface area (Å²) in [7, 11) is 0. The molecule has 2 fully saturated rings. The summed E-state index contributed by atoms with van der Waals surface area (Å²) in [6.07, 6.45) is -0.741. The number of esters is 2. The number of benzene rings is 2. The molecule has 140 valence electrons. The molecule has 0 spiro atoms. The lowest BCUT2D eigenvalue weighted by atomic mass is 9.98. The van der Waals surface area contributed by atoms with E-state index in [1.807, 2.05) is 12.1 Å². The lowest BCUT2D eigenvalue weighted by molar-refractivity contribution is -0.197. The van der Waals surface area contributed by atoms with Gasteiger partial charge in [0.05, 0.1) is 29.8 Å². The van der Waals surface area contributed by atoms with Crippen molar-refractivity contribution in [1.29, 1.82) is 0 Å². The molecule has 2 saturated heterocycles. The first-order valence-corrected chi connectivity index (χ1v) is 8.97. The summed E-state index contributed by atoms with van der Waals surface area (Å²) in [5.41, 5.74) is 0.937. The summed E-state index contributed by atoms with van der Waals surface area (Å²) in [5.74, 6) is -1.12. The number of hydrogen-bond donors (Lipinski definition) is 0. The first kappa shape index (κ1) is 17.7. The largest absolute Gasteiger partial charge is 0.462 e. The third-order valence-electron chi connectivity index (χ3n) is 4.83. The van der Waals surface area contributed by atoms with E-state index in [4.69, 9.17) is 18.9 Å². The van der Waals surface area contributed by atoms with Crippen LogP contribution in [0.2, 0.25) is 0 Å². The predicted molar refractivity (Wildman–Crippen MR) is 95.1 cm³/mol. The lowest BCUT2D eigenvalue weighted by Gasteiger charge is -2.22. The molecule has 0 amide bonds. The molecule has 2 heterocycles. The Balaban J connectivity index is 1.44. The van der Waals surface area contributed by atoms with Crippen molar-refractivity contribution in [1.82, 2.24) is 0 Å². The Morgan fingerprint density at radius 2 is 1.56 bits per heavy atom. The van der Waals surface area contributed by atoms with E-state index in [0.29, 0.717) is 24.2 Å². The van der Waals surface area contributed by atoms with Crippen molar-refractivity contribution in [2.45, 2.75) is 24.9 Å². The maximum atomic E-state index is 12.5. The van der Waals surface area contributed by atoms with Crippen molar-refractivity contribution >= 4 is 11.9 Å². The fourth-order valence-electron chi connectivity index (χ4n) is 3.42. The molecule has 0 aliphatic carbocycles. The van der Waals surface area contributed by atoms with E-state index in [0.717, 1.165) is 0 Å². The molecule has 0 saturated carbocycles. The minimum atomic E-state index is -0.628. The molecule has 0 N–H and O–H groups in total. The van der Waals surface area contributed by atoms with E-state index in [9.17, 15) is 9.59 Å². The number of hydrogen-bond acceptors (Lipinski definition) is 6. The summed E-state index contributed by atoms with van der Waals surface area (Å²) in [6.45, 7) is 0.628. The van der Waals surface area contributed by atoms with Crippen LogP contribution < -0.4 is 0 Å². The van der Waals surface area contributed by atoms with Gasteiger partial charge in [-0.25, -0.2) is 9.59 Å². The van der Waals surface area contributed by atoms with Gasteiger partial charge >= 0.3 is 11.9 Å². The number of ether oxygens (including phenoxy) is 4. The van der Waals surface area contributed by atoms with Gasteiger partial charge in [0.25, 0.3) is 0 Å². The zero-order chi connectivity index (χ0) is 18.6. The second-order valence-electron chi connectivity index (χ2n) is 6.57. The Kier molecular flexibility index (Phi) is 5.18. The SMILES string of the molecule is O=C(OCC1C2CCOC(O2)C1OC(=O)c1ccccc1)c1ccccc1. The fourth-order valence-corrected chi connectivity index (χ4v) is 3.42. The predicted octanol–water partition coefficient (Wildman–Crippen LogP) is 2.83. The van der Waals surface area contributed by atoms with Crippen LogP contribution in [0.4, 0.5) is 0 Å². The molecule has 0 aromatic heterocycles. The zero-order valence-electron chi connectivity index (χ0n) is 14.7. The van der Waals surface area contributed by atoms with Gasteiger partial charge in [-0.1, -0.05) is 36.4 Å². The summed E-state index contributed by atoms with van der Waals surface area (Å²) in [5, 5.41) is 0. The Hall–Kier alpha value is -2.70. The molecule has 2 bridgehead atoms. The monoisotopic (exact) mass is 368 g/mol. The Morgan fingerprint density at radius 3 is 2.22 bits per heavy atom. The normalized spacial score (nSPS) is 26.4. The smallest absolute Gasteiger partial charge is 0.338 e. The molecular formula is C21H20O6. The van der Waals surface area contributed by atoms with Crippen molar-refractivity contribution in [2.75, 3.05) is 13.2 Å². The molecule has 0 radical (unpaired) electrons. The van der Waals surface area contributed by atoms with Crippen molar-refractivity contribution in [3.63, 3.8) is 0 Å². The second kappa shape index (κ2) is 7.90. The van der Waals surface area contributed by atoms with E-state index in [2.05, 4.69) is 0 Å². The van der Waals surface area contributed by atoms with Gasteiger partial charge in [0, 0.05) is 0 Å². The number of fused-ring (bicyclic) bond motifs is 2.